The van der Waals surface area contributed by atoms with Crippen LogP contribution in [0.2, 0.25) is 0 Å². The Balaban J connectivity index is 2.23. The third-order valence-corrected chi connectivity index (χ3v) is 2.76. The Morgan fingerprint density at radius 3 is 2.75 bits per heavy atom. The predicted octanol–water partition coefficient (Wildman–Crippen LogP) is 2.26. The lowest BCUT2D eigenvalue weighted by Gasteiger charge is -2.23. The first-order valence-corrected chi connectivity index (χ1v) is 6.40. The van der Waals surface area contributed by atoms with E-state index in [0.717, 1.165) is 16.2 Å². The molecule has 1 saturated heterocycles. The molecule has 94 valence electrons. The van der Waals surface area contributed by atoms with Crippen molar-refractivity contribution in [3.8, 4) is 0 Å². The van der Waals surface area contributed by atoms with Crippen LogP contribution in [-0.2, 0) is 9.57 Å². The predicted molar refractivity (Wildman–Crippen MR) is 69.1 cm³/mol. The highest BCUT2D eigenvalue weighted by molar-refractivity contribution is 14.1. The van der Waals surface area contributed by atoms with Gasteiger partial charge in [-0.1, -0.05) is 0 Å². The number of nitrogens with one attached hydrogen (secondary N) is 1. The Hall–Kier alpha value is -0.0800. The molecule has 16 heavy (non-hydrogen) atoms. The molecule has 0 aromatic heterocycles. The maximum Gasteiger partial charge on any atom is 0.443 e. The van der Waals surface area contributed by atoms with Crippen LogP contribution < -0.4 is 5.32 Å². The number of hydrogen-bond acceptors (Lipinski definition) is 4. The molecule has 0 radical (unpaired) electrons. The number of carbonyl (C=O) groups is 1. The molecule has 1 atom stereocenters. The summed E-state index contributed by atoms with van der Waals surface area (Å²) in [5.41, 5.74) is -0.491. The van der Waals surface area contributed by atoms with Crippen molar-refractivity contribution in [2.45, 2.75) is 45.3 Å². The molecule has 0 spiro atoms. The van der Waals surface area contributed by atoms with Gasteiger partial charge in [0.2, 0.25) is 0 Å². The Kier molecular flexibility index (Phi) is 5.26. The molecule has 0 bridgehead atoms. The second kappa shape index (κ2) is 6.02. The molecule has 6 heteroatoms. The fourth-order valence-electron chi connectivity index (χ4n) is 1.40. The minimum absolute atomic E-state index is 0.347. The van der Waals surface area contributed by atoms with Gasteiger partial charge < -0.3 is 10.1 Å². The van der Waals surface area contributed by atoms with Crippen molar-refractivity contribution in [3.05, 3.63) is 0 Å². The summed E-state index contributed by atoms with van der Waals surface area (Å²) in [6.07, 6.45) is 1.80. The van der Waals surface area contributed by atoms with Crippen LogP contribution in [0.3, 0.4) is 0 Å². The van der Waals surface area contributed by atoms with Crippen molar-refractivity contribution in [2.24, 2.45) is 0 Å². The van der Waals surface area contributed by atoms with E-state index in [4.69, 9.17) is 9.57 Å². The van der Waals surface area contributed by atoms with E-state index >= 15 is 0 Å². The zero-order valence-corrected chi connectivity index (χ0v) is 12.1. The molecule has 0 aliphatic carbocycles. The van der Waals surface area contributed by atoms with E-state index in [1.165, 1.54) is 6.42 Å². The lowest BCUT2D eigenvalue weighted by atomic mass is 10.2. The smallest absolute Gasteiger partial charge is 0.442 e. The summed E-state index contributed by atoms with van der Waals surface area (Å²) in [5, 5.41) is 3.29. The Labute approximate surface area is 110 Å². The zero-order chi connectivity index (χ0) is 12.2. The van der Waals surface area contributed by atoms with Gasteiger partial charge in [-0.15, -0.1) is 3.28 Å². The SMILES string of the molecule is CC(C)(C)OC(=O)N(I)OCC1CCCN1. The Morgan fingerprint density at radius 1 is 1.56 bits per heavy atom. The molecule has 5 nitrogen and oxygen atoms in total. The van der Waals surface area contributed by atoms with Crippen LogP contribution in [0, 0.1) is 0 Å². The normalized spacial score (nSPS) is 20.9. The van der Waals surface area contributed by atoms with E-state index in [-0.39, 0.29) is 0 Å². The van der Waals surface area contributed by atoms with Gasteiger partial charge in [-0.05, 0) is 40.2 Å². The Morgan fingerprint density at radius 2 is 2.25 bits per heavy atom. The molecule has 1 rings (SSSR count). The van der Waals surface area contributed by atoms with Crippen molar-refractivity contribution in [1.29, 1.82) is 0 Å². The van der Waals surface area contributed by atoms with Crippen LogP contribution in [0.4, 0.5) is 4.79 Å². The fourth-order valence-corrected chi connectivity index (χ4v) is 1.66. The molecule has 0 aromatic carbocycles. The van der Waals surface area contributed by atoms with Gasteiger partial charge in [-0.2, -0.15) is 0 Å². The van der Waals surface area contributed by atoms with E-state index in [2.05, 4.69) is 5.32 Å². The van der Waals surface area contributed by atoms with Crippen LogP contribution >= 0.6 is 22.9 Å². The molecule has 1 aliphatic heterocycles. The van der Waals surface area contributed by atoms with Crippen molar-refractivity contribution < 1.29 is 14.4 Å². The maximum atomic E-state index is 11.5. The van der Waals surface area contributed by atoms with E-state index in [9.17, 15) is 4.79 Å². The first-order valence-electron chi connectivity index (χ1n) is 5.43. The van der Waals surface area contributed by atoms with Crippen LogP contribution in [-0.4, -0.2) is 34.2 Å². The summed E-state index contributed by atoms with van der Waals surface area (Å²) in [5.74, 6) is 0. The van der Waals surface area contributed by atoms with Gasteiger partial charge in [-0.3, -0.25) is 4.84 Å². The first-order chi connectivity index (χ1) is 7.38. The molecule has 1 N–H and O–H groups in total. The van der Waals surface area contributed by atoms with Crippen LogP contribution in [0.5, 0.6) is 0 Å². The van der Waals surface area contributed by atoms with Gasteiger partial charge in [-0.25, -0.2) is 4.79 Å². The maximum absolute atomic E-state index is 11.5. The zero-order valence-electron chi connectivity index (χ0n) is 9.96. The fraction of sp³-hybridized carbons (Fsp3) is 0.900. The highest BCUT2D eigenvalue weighted by Gasteiger charge is 2.23. The van der Waals surface area contributed by atoms with E-state index in [1.54, 1.807) is 22.9 Å². The average Bonchev–Trinajstić information content (AvgIpc) is 2.63. The van der Waals surface area contributed by atoms with Crippen LogP contribution in [0.25, 0.3) is 0 Å². The number of ether oxygens (including phenoxy) is 1. The van der Waals surface area contributed by atoms with Crippen molar-refractivity contribution >= 4 is 29.0 Å². The van der Waals surface area contributed by atoms with Crippen molar-refractivity contribution in [1.82, 2.24) is 8.59 Å². The molecular formula is C10H19IN2O3. The molecule has 0 saturated carbocycles. The summed E-state index contributed by atoms with van der Waals surface area (Å²) in [4.78, 5) is 16.8. The van der Waals surface area contributed by atoms with Crippen LogP contribution in [0.15, 0.2) is 0 Å². The third kappa shape index (κ3) is 5.31. The minimum Gasteiger partial charge on any atom is -0.442 e. The summed E-state index contributed by atoms with van der Waals surface area (Å²) < 4.78 is 6.28. The summed E-state index contributed by atoms with van der Waals surface area (Å²) in [6, 6.07) is 0.347. The van der Waals surface area contributed by atoms with Gasteiger partial charge in [0, 0.05) is 6.04 Å². The molecule has 0 aromatic rings. The summed E-state index contributed by atoms with van der Waals surface area (Å²) in [6.45, 7) is 7.01. The third-order valence-electron chi connectivity index (χ3n) is 2.09. The highest BCUT2D eigenvalue weighted by atomic mass is 127. The van der Waals surface area contributed by atoms with Crippen LogP contribution in [0.1, 0.15) is 33.6 Å². The molecule has 1 amide bonds. The van der Waals surface area contributed by atoms with Gasteiger partial charge in [0.05, 0.1) is 29.5 Å². The lowest BCUT2D eigenvalue weighted by molar-refractivity contribution is -0.0731. The molecule has 1 unspecified atom stereocenters. The minimum atomic E-state index is -0.491. The largest absolute Gasteiger partial charge is 0.443 e. The summed E-state index contributed by atoms with van der Waals surface area (Å²) in [7, 11) is 0. The second-order valence-corrected chi connectivity index (χ2v) is 5.69. The standard InChI is InChI=1S/C10H19IN2O3/c1-10(2,3)16-9(14)13(11)15-7-8-5-4-6-12-8/h8,12H,4-7H2,1-3H3. The topological polar surface area (TPSA) is 50.8 Å². The average molecular weight is 342 g/mol. The monoisotopic (exact) mass is 342 g/mol. The molecule has 1 fully saturated rings. The van der Waals surface area contributed by atoms with Crippen molar-refractivity contribution in [3.63, 3.8) is 0 Å². The first kappa shape index (κ1) is 14.0. The lowest BCUT2D eigenvalue weighted by Crippen LogP contribution is -2.34. The number of amides is 1. The van der Waals surface area contributed by atoms with Gasteiger partial charge in [0.15, 0.2) is 0 Å². The molecule has 1 heterocycles. The number of hydroxylamine groups is 1. The quantitative estimate of drug-likeness (QED) is 0.486. The van der Waals surface area contributed by atoms with E-state index in [0.29, 0.717) is 12.6 Å². The number of nitrogens with zero attached hydrogens (tertiary/aromatic N) is 1. The van der Waals surface area contributed by atoms with Gasteiger partial charge in [0.25, 0.3) is 0 Å². The number of hydrogen-bond donors (Lipinski definition) is 1. The Bertz CT molecular complexity index is 237. The van der Waals surface area contributed by atoms with E-state index < -0.39 is 11.7 Å². The number of halogens is 1. The van der Waals surface area contributed by atoms with Crippen molar-refractivity contribution in [2.75, 3.05) is 13.2 Å². The van der Waals surface area contributed by atoms with Gasteiger partial charge >= 0.3 is 6.09 Å². The van der Waals surface area contributed by atoms with E-state index in [1.807, 2.05) is 20.8 Å². The highest BCUT2D eigenvalue weighted by Crippen LogP contribution is 2.14. The number of rotatable bonds is 3. The molecular weight excluding hydrogens is 323 g/mol. The number of carbonyl (C=O) groups excluding carboxylic acids is 1. The summed E-state index contributed by atoms with van der Waals surface area (Å²) >= 11 is 1.80. The molecule has 1 aliphatic rings. The van der Waals surface area contributed by atoms with Gasteiger partial charge in [0.1, 0.15) is 5.60 Å². The second-order valence-electron chi connectivity index (χ2n) is 4.81.